The first-order valence-corrected chi connectivity index (χ1v) is 7.25. The molecule has 1 N–H and O–H groups in total. The second kappa shape index (κ2) is 5.81. The predicted octanol–water partition coefficient (Wildman–Crippen LogP) is 3.64. The van der Waals surface area contributed by atoms with Gasteiger partial charge in [-0.05, 0) is 57.7 Å². The van der Waals surface area contributed by atoms with Crippen LogP contribution in [0.3, 0.4) is 0 Å². The maximum atomic E-state index is 13.3. The molecular weight excluding hydrogens is 255 g/mol. The Labute approximate surface area is 120 Å². The van der Waals surface area contributed by atoms with Gasteiger partial charge in [0.15, 0.2) is 0 Å². The van der Waals surface area contributed by atoms with Gasteiger partial charge in [0.2, 0.25) is 0 Å². The van der Waals surface area contributed by atoms with Crippen molar-refractivity contribution in [1.82, 2.24) is 10.2 Å². The average molecular weight is 278 g/mol. The molecule has 4 heteroatoms. The van der Waals surface area contributed by atoms with E-state index in [4.69, 9.17) is 0 Å². The molecule has 2 rings (SSSR count). The number of hydrogen-bond acceptors (Lipinski definition) is 1. The third-order valence-electron chi connectivity index (χ3n) is 4.03. The van der Waals surface area contributed by atoms with E-state index in [1.807, 2.05) is 24.8 Å². The minimum absolute atomic E-state index is 0.0635. The van der Waals surface area contributed by atoms with E-state index in [0.29, 0.717) is 0 Å². The van der Waals surface area contributed by atoms with Crippen LogP contribution >= 0.6 is 0 Å². The Morgan fingerprint density at radius 1 is 1.40 bits per heavy atom. The molecule has 2 amide bonds. The molecule has 1 aromatic rings. The fourth-order valence-electron chi connectivity index (χ4n) is 2.69. The van der Waals surface area contributed by atoms with Gasteiger partial charge in [-0.1, -0.05) is 12.1 Å². The zero-order chi connectivity index (χ0) is 14.8. The van der Waals surface area contributed by atoms with Crippen molar-refractivity contribution in [2.75, 3.05) is 6.54 Å². The minimum atomic E-state index is -0.587. The molecule has 0 bridgehead atoms. The molecule has 1 heterocycles. The fourth-order valence-corrected chi connectivity index (χ4v) is 2.69. The van der Waals surface area contributed by atoms with Crippen molar-refractivity contribution in [3.8, 4) is 0 Å². The van der Waals surface area contributed by atoms with E-state index in [2.05, 4.69) is 12.2 Å². The number of rotatable bonds is 2. The third-order valence-corrected chi connectivity index (χ3v) is 4.03. The second-order valence-electron chi connectivity index (χ2n) is 6.10. The fraction of sp³-hybridized carbons (Fsp3) is 0.562. The Balaban J connectivity index is 2.09. The van der Waals surface area contributed by atoms with Crippen LogP contribution in [0.15, 0.2) is 24.3 Å². The van der Waals surface area contributed by atoms with E-state index in [0.717, 1.165) is 24.9 Å². The number of nitrogens with one attached hydrogen (secondary N) is 1. The lowest BCUT2D eigenvalue weighted by Gasteiger charge is -2.37. The van der Waals surface area contributed by atoms with E-state index < -0.39 is 5.54 Å². The van der Waals surface area contributed by atoms with Crippen molar-refractivity contribution in [3.05, 3.63) is 35.6 Å². The maximum absolute atomic E-state index is 13.3. The van der Waals surface area contributed by atoms with Crippen LogP contribution in [0, 0.1) is 5.82 Å². The molecule has 1 aliphatic rings. The molecule has 0 spiro atoms. The lowest BCUT2D eigenvalue weighted by atomic mass is 9.94. The number of likely N-dealkylation sites (tertiary alicyclic amines) is 1. The molecule has 0 radical (unpaired) electrons. The summed E-state index contributed by atoms with van der Waals surface area (Å²) in [5, 5.41) is 3.02. The molecule has 0 aliphatic carbocycles. The topological polar surface area (TPSA) is 32.3 Å². The van der Waals surface area contributed by atoms with Crippen LogP contribution in [-0.4, -0.2) is 23.5 Å². The number of piperidine rings is 1. The van der Waals surface area contributed by atoms with Gasteiger partial charge >= 0.3 is 6.03 Å². The second-order valence-corrected chi connectivity index (χ2v) is 6.10. The Kier molecular flexibility index (Phi) is 4.31. The van der Waals surface area contributed by atoms with Gasteiger partial charge in [0.05, 0.1) is 5.54 Å². The van der Waals surface area contributed by atoms with Crippen LogP contribution in [-0.2, 0) is 5.54 Å². The summed E-state index contributed by atoms with van der Waals surface area (Å²) in [6.45, 7) is 6.67. The van der Waals surface area contributed by atoms with Crippen molar-refractivity contribution >= 4 is 6.03 Å². The van der Waals surface area contributed by atoms with Gasteiger partial charge in [0.25, 0.3) is 0 Å². The minimum Gasteiger partial charge on any atom is -0.329 e. The molecule has 1 aliphatic heterocycles. The lowest BCUT2D eigenvalue weighted by molar-refractivity contribution is 0.149. The van der Waals surface area contributed by atoms with Crippen LogP contribution in [0.5, 0.6) is 0 Å². The summed E-state index contributed by atoms with van der Waals surface area (Å²) in [6, 6.07) is 6.59. The molecule has 1 atom stereocenters. The number of benzene rings is 1. The van der Waals surface area contributed by atoms with E-state index in [-0.39, 0.29) is 17.9 Å². The molecule has 1 fully saturated rings. The Morgan fingerprint density at radius 2 is 2.15 bits per heavy atom. The number of nitrogens with zero attached hydrogens (tertiary/aromatic N) is 1. The first kappa shape index (κ1) is 14.8. The SMILES string of the molecule is CC1CCCCN1C(=O)NC(C)(C)c1cccc(F)c1. The summed E-state index contributed by atoms with van der Waals surface area (Å²) in [6.07, 6.45) is 3.28. The van der Waals surface area contributed by atoms with Gasteiger partial charge in [-0.2, -0.15) is 0 Å². The monoisotopic (exact) mass is 278 g/mol. The molecule has 1 unspecified atom stereocenters. The number of amides is 2. The van der Waals surface area contributed by atoms with Crippen LogP contribution < -0.4 is 5.32 Å². The molecule has 1 saturated heterocycles. The van der Waals surface area contributed by atoms with Gasteiger partial charge in [-0.25, -0.2) is 9.18 Å². The van der Waals surface area contributed by atoms with Crippen molar-refractivity contribution in [1.29, 1.82) is 0 Å². The Morgan fingerprint density at radius 3 is 2.80 bits per heavy atom. The summed E-state index contributed by atoms with van der Waals surface area (Å²) >= 11 is 0. The summed E-state index contributed by atoms with van der Waals surface area (Å²) in [5.74, 6) is -0.281. The zero-order valence-corrected chi connectivity index (χ0v) is 12.4. The largest absolute Gasteiger partial charge is 0.329 e. The highest BCUT2D eigenvalue weighted by Crippen LogP contribution is 2.23. The summed E-state index contributed by atoms with van der Waals surface area (Å²) in [5.41, 5.74) is 0.187. The Hall–Kier alpha value is -1.58. The highest BCUT2D eigenvalue weighted by atomic mass is 19.1. The number of hydrogen-bond donors (Lipinski definition) is 1. The van der Waals surface area contributed by atoms with E-state index >= 15 is 0 Å². The van der Waals surface area contributed by atoms with Gasteiger partial charge < -0.3 is 10.2 Å². The molecule has 0 aromatic heterocycles. The highest BCUT2D eigenvalue weighted by Gasteiger charge is 2.29. The van der Waals surface area contributed by atoms with Gasteiger partial charge in [0, 0.05) is 12.6 Å². The molecule has 0 saturated carbocycles. The maximum Gasteiger partial charge on any atom is 0.318 e. The molecule has 1 aromatic carbocycles. The van der Waals surface area contributed by atoms with Crippen LogP contribution in [0.4, 0.5) is 9.18 Å². The zero-order valence-electron chi connectivity index (χ0n) is 12.4. The van der Waals surface area contributed by atoms with Gasteiger partial charge in [-0.3, -0.25) is 0 Å². The van der Waals surface area contributed by atoms with Gasteiger partial charge in [-0.15, -0.1) is 0 Å². The first-order valence-electron chi connectivity index (χ1n) is 7.25. The van der Waals surface area contributed by atoms with Crippen LogP contribution in [0.1, 0.15) is 45.6 Å². The quantitative estimate of drug-likeness (QED) is 0.880. The summed E-state index contributed by atoms with van der Waals surface area (Å²) in [4.78, 5) is 14.3. The molecule has 3 nitrogen and oxygen atoms in total. The number of halogens is 1. The van der Waals surface area contributed by atoms with Crippen molar-refractivity contribution in [2.24, 2.45) is 0 Å². The summed E-state index contributed by atoms with van der Waals surface area (Å²) < 4.78 is 13.3. The average Bonchev–Trinajstić information content (AvgIpc) is 2.38. The van der Waals surface area contributed by atoms with E-state index in [1.54, 1.807) is 6.07 Å². The first-order chi connectivity index (χ1) is 9.40. The van der Waals surface area contributed by atoms with Crippen LogP contribution in [0.25, 0.3) is 0 Å². The normalized spacial score (nSPS) is 19.8. The number of carbonyl (C=O) groups is 1. The van der Waals surface area contributed by atoms with Crippen molar-refractivity contribution in [2.45, 2.75) is 51.6 Å². The molecule has 20 heavy (non-hydrogen) atoms. The number of carbonyl (C=O) groups excluding carboxylic acids is 1. The lowest BCUT2D eigenvalue weighted by Crippen LogP contribution is -2.52. The number of urea groups is 1. The molecular formula is C16H23FN2O. The van der Waals surface area contributed by atoms with E-state index in [9.17, 15) is 9.18 Å². The van der Waals surface area contributed by atoms with Crippen molar-refractivity contribution < 1.29 is 9.18 Å². The smallest absolute Gasteiger partial charge is 0.318 e. The van der Waals surface area contributed by atoms with E-state index in [1.165, 1.54) is 18.6 Å². The highest BCUT2D eigenvalue weighted by molar-refractivity contribution is 5.75. The summed E-state index contributed by atoms with van der Waals surface area (Å²) in [7, 11) is 0. The van der Waals surface area contributed by atoms with Crippen molar-refractivity contribution in [3.63, 3.8) is 0 Å². The molecule has 110 valence electrons. The standard InChI is InChI=1S/C16H23FN2O/c1-12-7-4-5-10-19(12)15(20)18-16(2,3)13-8-6-9-14(17)11-13/h6,8-9,11-12H,4-5,7,10H2,1-3H3,(H,18,20). The van der Waals surface area contributed by atoms with Gasteiger partial charge in [0.1, 0.15) is 5.82 Å². The predicted molar refractivity (Wildman–Crippen MR) is 78.0 cm³/mol. The third kappa shape index (κ3) is 3.30. The van der Waals surface area contributed by atoms with Crippen LogP contribution in [0.2, 0.25) is 0 Å². The Bertz CT molecular complexity index is 487.